The summed E-state index contributed by atoms with van der Waals surface area (Å²) in [6, 6.07) is 14.4. The number of halogens is 1. The smallest absolute Gasteiger partial charge is 0.254 e. The Morgan fingerprint density at radius 1 is 1.13 bits per heavy atom. The third-order valence-corrected chi connectivity index (χ3v) is 5.87. The van der Waals surface area contributed by atoms with Crippen molar-refractivity contribution >= 4 is 27.7 Å². The molecule has 2 atom stereocenters. The summed E-state index contributed by atoms with van der Waals surface area (Å²) in [4.78, 5) is 31.5. The van der Waals surface area contributed by atoms with Gasteiger partial charge in [0.15, 0.2) is 0 Å². The standard InChI is InChI=1S/C22H22BrN5O2/c1-15(16-6-10-19(11-7-16)28-14-24-13-25-28)26-21(29)20-3-2-12-27(20)22(30)17-4-8-18(23)9-5-17/h4-11,13-15,20H,2-3,12H2,1H3,(H,26,29). The van der Waals surface area contributed by atoms with Crippen LogP contribution in [0.3, 0.4) is 0 Å². The second-order valence-electron chi connectivity index (χ2n) is 7.33. The number of aromatic nitrogens is 3. The maximum Gasteiger partial charge on any atom is 0.254 e. The predicted octanol–water partition coefficient (Wildman–Crippen LogP) is 3.51. The molecule has 7 nitrogen and oxygen atoms in total. The highest BCUT2D eigenvalue weighted by Crippen LogP contribution is 2.23. The largest absolute Gasteiger partial charge is 0.348 e. The summed E-state index contributed by atoms with van der Waals surface area (Å²) < 4.78 is 2.59. The second-order valence-corrected chi connectivity index (χ2v) is 8.24. The molecule has 2 unspecified atom stereocenters. The average Bonchev–Trinajstić information content (AvgIpc) is 3.46. The highest BCUT2D eigenvalue weighted by Gasteiger charge is 2.35. The molecule has 1 aliphatic rings. The Bertz CT molecular complexity index is 1020. The highest BCUT2D eigenvalue weighted by molar-refractivity contribution is 9.10. The lowest BCUT2D eigenvalue weighted by Gasteiger charge is -2.26. The SMILES string of the molecule is CC(NC(=O)C1CCCN1C(=O)c1ccc(Br)cc1)c1ccc(-n2cncn2)cc1. The van der Waals surface area contributed by atoms with Crippen LogP contribution in [-0.4, -0.2) is 44.1 Å². The Kier molecular flexibility index (Phi) is 5.94. The van der Waals surface area contributed by atoms with E-state index in [-0.39, 0.29) is 17.9 Å². The van der Waals surface area contributed by atoms with E-state index in [2.05, 4.69) is 31.3 Å². The monoisotopic (exact) mass is 467 g/mol. The quantitative estimate of drug-likeness (QED) is 0.622. The van der Waals surface area contributed by atoms with E-state index in [1.54, 1.807) is 28.0 Å². The van der Waals surface area contributed by atoms with Crippen LogP contribution in [0.4, 0.5) is 0 Å². The molecular formula is C22H22BrN5O2. The van der Waals surface area contributed by atoms with Crippen LogP contribution in [-0.2, 0) is 4.79 Å². The fraction of sp³-hybridized carbons (Fsp3) is 0.273. The first-order valence-corrected chi connectivity index (χ1v) is 10.6. The number of nitrogens with one attached hydrogen (secondary N) is 1. The third kappa shape index (κ3) is 4.28. The van der Waals surface area contributed by atoms with Gasteiger partial charge in [0, 0.05) is 16.6 Å². The van der Waals surface area contributed by atoms with Crippen molar-refractivity contribution in [2.45, 2.75) is 31.8 Å². The predicted molar refractivity (Wildman–Crippen MR) is 116 cm³/mol. The Morgan fingerprint density at radius 3 is 2.53 bits per heavy atom. The minimum absolute atomic E-state index is 0.106. The summed E-state index contributed by atoms with van der Waals surface area (Å²) in [5.41, 5.74) is 2.47. The lowest BCUT2D eigenvalue weighted by molar-refractivity contribution is -0.125. The lowest BCUT2D eigenvalue weighted by Crippen LogP contribution is -2.46. The van der Waals surface area contributed by atoms with Crippen molar-refractivity contribution in [2.24, 2.45) is 0 Å². The maximum atomic E-state index is 12.9. The van der Waals surface area contributed by atoms with E-state index < -0.39 is 6.04 Å². The van der Waals surface area contributed by atoms with Crippen LogP contribution in [0.2, 0.25) is 0 Å². The molecular weight excluding hydrogens is 446 g/mol. The van der Waals surface area contributed by atoms with E-state index in [4.69, 9.17) is 0 Å². The zero-order valence-electron chi connectivity index (χ0n) is 16.5. The van der Waals surface area contributed by atoms with E-state index in [0.717, 1.165) is 22.1 Å². The minimum Gasteiger partial charge on any atom is -0.348 e. The number of hydrogen-bond acceptors (Lipinski definition) is 4. The summed E-state index contributed by atoms with van der Waals surface area (Å²) in [6.45, 7) is 2.53. The zero-order valence-corrected chi connectivity index (χ0v) is 18.1. The van der Waals surface area contributed by atoms with Gasteiger partial charge in [-0.25, -0.2) is 9.67 Å². The molecule has 1 aromatic heterocycles. The number of hydrogen-bond donors (Lipinski definition) is 1. The Morgan fingerprint density at radius 2 is 1.87 bits per heavy atom. The van der Waals surface area contributed by atoms with Crippen LogP contribution in [0.15, 0.2) is 65.7 Å². The number of amides is 2. The molecule has 0 spiro atoms. The number of carbonyl (C=O) groups is 2. The molecule has 0 radical (unpaired) electrons. The van der Waals surface area contributed by atoms with Gasteiger partial charge in [0.05, 0.1) is 11.7 Å². The summed E-state index contributed by atoms with van der Waals surface area (Å²) in [5.74, 6) is -0.226. The first kappa shape index (κ1) is 20.3. The van der Waals surface area contributed by atoms with Crippen molar-refractivity contribution in [2.75, 3.05) is 6.54 Å². The molecule has 4 rings (SSSR count). The molecule has 2 amide bonds. The Balaban J connectivity index is 1.42. The summed E-state index contributed by atoms with van der Waals surface area (Å²) in [5, 5.41) is 7.17. The topological polar surface area (TPSA) is 80.1 Å². The molecule has 1 fully saturated rings. The number of benzene rings is 2. The molecule has 1 N–H and O–H groups in total. The van der Waals surface area contributed by atoms with Crippen LogP contribution in [0.25, 0.3) is 5.69 Å². The van der Waals surface area contributed by atoms with Crippen LogP contribution in [0, 0.1) is 0 Å². The minimum atomic E-state index is -0.446. The van der Waals surface area contributed by atoms with Crippen LogP contribution >= 0.6 is 15.9 Å². The van der Waals surface area contributed by atoms with Crippen molar-refractivity contribution in [3.63, 3.8) is 0 Å². The van der Waals surface area contributed by atoms with Gasteiger partial charge in [-0.1, -0.05) is 28.1 Å². The van der Waals surface area contributed by atoms with Crippen LogP contribution < -0.4 is 5.32 Å². The van der Waals surface area contributed by atoms with Gasteiger partial charge in [0.1, 0.15) is 18.7 Å². The number of nitrogens with zero attached hydrogens (tertiary/aromatic N) is 4. The molecule has 154 valence electrons. The normalized spacial score (nSPS) is 17.0. The van der Waals surface area contributed by atoms with E-state index in [1.165, 1.54) is 6.33 Å². The molecule has 0 bridgehead atoms. The first-order chi connectivity index (χ1) is 14.5. The number of carbonyl (C=O) groups excluding carboxylic acids is 2. The van der Waals surface area contributed by atoms with E-state index in [9.17, 15) is 9.59 Å². The fourth-order valence-corrected chi connectivity index (χ4v) is 3.96. The molecule has 1 saturated heterocycles. The van der Waals surface area contributed by atoms with E-state index in [0.29, 0.717) is 18.5 Å². The molecule has 30 heavy (non-hydrogen) atoms. The second kappa shape index (κ2) is 8.79. The van der Waals surface area contributed by atoms with Crippen molar-refractivity contribution < 1.29 is 9.59 Å². The van der Waals surface area contributed by atoms with Gasteiger partial charge < -0.3 is 10.2 Å². The van der Waals surface area contributed by atoms with Gasteiger partial charge in [0.25, 0.3) is 5.91 Å². The molecule has 2 aromatic carbocycles. The Labute approximate surface area is 183 Å². The third-order valence-electron chi connectivity index (χ3n) is 5.34. The van der Waals surface area contributed by atoms with Gasteiger partial charge in [0.2, 0.25) is 5.91 Å². The molecule has 0 aliphatic carbocycles. The fourth-order valence-electron chi connectivity index (χ4n) is 3.69. The van der Waals surface area contributed by atoms with Crippen molar-refractivity contribution in [1.82, 2.24) is 25.0 Å². The van der Waals surface area contributed by atoms with Crippen LogP contribution in [0.5, 0.6) is 0 Å². The summed E-state index contributed by atoms with van der Waals surface area (Å²) in [7, 11) is 0. The van der Waals surface area contributed by atoms with Crippen LogP contribution in [0.1, 0.15) is 41.7 Å². The average molecular weight is 468 g/mol. The maximum absolute atomic E-state index is 12.9. The van der Waals surface area contributed by atoms with Gasteiger partial charge in [-0.2, -0.15) is 5.10 Å². The Hall–Kier alpha value is -3.00. The van der Waals surface area contributed by atoms with Crippen molar-refractivity contribution in [3.8, 4) is 5.69 Å². The first-order valence-electron chi connectivity index (χ1n) is 9.85. The number of rotatable bonds is 5. The van der Waals surface area contributed by atoms with Gasteiger partial charge in [-0.3, -0.25) is 9.59 Å². The van der Waals surface area contributed by atoms with Gasteiger partial charge >= 0.3 is 0 Å². The molecule has 1 aliphatic heterocycles. The summed E-state index contributed by atoms with van der Waals surface area (Å²) >= 11 is 3.38. The highest BCUT2D eigenvalue weighted by atomic mass is 79.9. The zero-order chi connectivity index (χ0) is 21.1. The van der Waals surface area contributed by atoms with Gasteiger partial charge in [-0.15, -0.1) is 0 Å². The van der Waals surface area contributed by atoms with Gasteiger partial charge in [-0.05, 0) is 61.7 Å². The van der Waals surface area contributed by atoms with E-state index >= 15 is 0 Å². The molecule has 8 heteroatoms. The van der Waals surface area contributed by atoms with Crippen molar-refractivity contribution in [1.29, 1.82) is 0 Å². The van der Waals surface area contributed by atoms with E-state index in [1.807, 2.05) is 43.3 Å². The molecule has 0 saturated carbocycles. The molecule has 2 heterocycles. The molecule has 3 aromatic rings. The summed E-state index contributed by atoms with van der Waals surface area (Å²) in [6.07, 6.45) is 4.62. The van der Waals surface area contributed by atoms with Crippen molar-refractivity contribution in [3.05, 3.63) is 76.8 Å². The number of likely N-dealkylation sites (tertiary alicyclic amines) is 1. The lowest BCUT2D eigenvalue weighted by atomic mass is 10.1.